The Labute approximate surface area is 288 Å². The van der Waals surface area contributed by atoms with Crippen LogP contribution in [0.15, 0.2) is 67.3 Å². The molecule has 10 heteroatoms. The number of carbonyl (C=O) groups is 2. The minimum Gasteiger partial charge on any atom is -0.496 e. The SMILES string of the molecule is COc1ccc(C2CCC(CN(C(=O)C3CCC(OC(=O)NCc4ncc[nH]4)CC3)c3cccc(-c4cnn(C5CC5)c4)c3)CC2)cc1C. The van der Waals surface area contributed by atoms with Crippen LogP contribution < -0.4 is 15.0 Å². The number of carbonyl (C=O) groups excluding carboxylic acids is 2. The standard InChI is InChI=1S/C39H48N6O4/c1-26-20-31(12-17-36(26)48-2)28-8-6-27(7-9-28)24-44(34-5-3-4-30(21-34)32-22-43-45(25-32)33-13-14-33)38(46)29-10-15-35(16-11-29)49-39(47)42-23-37-40-18-19-41-37/h3-5,12,17-22,25,27-29,33,35H,6-11,13-16,23-24H2,1-2H3,(H,40,41)(H,42,47). The van der Waals surface area contributed by atoms with Crippen LogP contribution in [0.4, 0.5) is 10.5 Å². The van der Waals surface area contributed by atoms with Gasteiger partial charge in [0.25, 0.3) is 0 Å². The number of nitrogens with one attached hydrogen (secondary N) is 2. The summed E-state index contributed by atoms with van der Waals surface area (Å²) < 4.78 is 13.3. The van der Waals surface area contributed by atoms with E-state index in [0.717, 1.165) is 48.2 Å². The first-order chi connectivity index (χ1) is 23.9. The fourth-order valence-electron chi connectivity index (χ4n) is 7.69. The van der Waals surface area contributed by atoms with Crippen molar-refractivity contribution in [3.05, 3.63) is 84.2 Å². The third kappa shape index (κ3) is 8.00. The van der Waals surface area contributed by atoms with E-state index in [0.29, 0.717) is 55.9 Å². The van der Waals surface area contributed by atoms with Gasteiger partial charge < -0.3 is 24.7 Å². The molecule has 0 saturated heterocycles. The molecule has 2 amide bonds. The number of hydrogen-bond donors (Lipinski definition) is 2. The Bertz CT molecular complexity index is 1710. The van der Waals surface area contributed by atoms with Crippen molar-refractivity contribution in [3.63, 3.8) is 0 Å². The van der Waals surface area contributed by atoms with Gasteiger partial charge in [0.15, 0.2) is 0 Å². The summed E-state index contributed by atoms with van der Waals surface area (Å²) in [5, 5.41) is 7.38. The van der Waals surface area contributed by atoms with Crippen LogP contribution in [0.25, 0.3) is 11.1 Å². The first-order valence-electron chi connectivity index (χ1n) is 18.0. The number of imidazole rings is 1. The molecule has 2 aromatic carbocycles. The Morgan fingerprint density at radius 3 is 2.51 bits per heavy atom. The monoisotopic (exact) mass is 664 g/mol. The number of H-pyrrole nitrogens is 1. The Balaban J connectivity index is 1.02. The Morgan fingerprint density at radius 1 is 0.980 bits per heavy atom. The molecule has 10 nitrogen and oxygen atoms in total. The highest BCUT2D eigenvalue weighted by Crippen LogP contribution is 2.40. The smallest absolute Gasteiger partial charge is 0.407 e. The number of aromatic amines is 1. The summed E-state index contributed by atoms with van der Waals surface area (Å²) in [7, 11) is 1.72. The summed E-state index contributed by atoms with van der Waals surface area (Å²) >= 11 is 0. The van der Waals surface area contributed by atoms with Crippen molar-refractivity contribution in [2.75, 3.05) is 18.6 Å². The number of anilines is 1. The lowest BCUT2D eigenvalue weighted by molar-refractivity contribution is -0.124. The quantitative estimate of drug-likeness (QED) is 0.170. The van der Waals surface area contributed by atoms with E-state index >= 15 is 0 Å². The normalized spacial score (nSPS) is 22.3. The molecule has 0 bridgehead atoms. The van der Waals surface area contributed by atoms with E-state index < -0.39 is 6.09 Å². The molecule has 2 N–H and O–H groups in total. The topological polar surface area (TPSA) is 114 Å². The molecule has 4 aromatic rings. The van der Waals surface area contributed by atoms with Crippen LogP contribution >= 0.6 is 0 Å². The minimum absolute atomic E-state index is 0.106. The summed E-state index contributed by atoms with van der Waals surface area (Å²) in [4.78, 5) is 36.0. The number of benzene rings is 2. The molecule has 3 saturated carbocycles. The van der Waals surface area contributed by atoms with Crippen molar-refractivity contribution >= 4 is 17.7 Å². The van der Waals surface area contributed by atoms with Crippen LogP contribution in [-0.4, -0.2) is 51.5 Å². The van der Waals surface area contributed by atoms with Crippen molar-refractivity contribution in [3.8, 4) is 16.9 Å². The first-order valence-corrected chi connectivity index (χ1v) is 18.0. The van der Waals surface area contributed by atoms with Gasteiger partial charge in [0.05, 0.1) is 25.9 Å². The molecule has 7 rings (SSSR count). The second-order valence-electron chi connectivity index (χ2n) is 14.2. The largest absolute Gasteiger partial charge is 0.496 e. The molecule has 3 aliphatic rings. The fourth-order valence-corrected chi connectivity index (χ4v) is 7.69. The Hall–Kier alpha value is -4.60. The van der Waals surface area contributed by atoms with Crippen LogP contribution in [0.5, 0.6) is 5.75 Å². The van der Waals surface area contributed by atoms with Gasteiger partial charge in [-0.15, -0.1) is 0 Å². The summed E-state index contributed by atoms with van der Waals surface area (Å²) in [6.45, 7) is 3.11. The molecule has 0 atom stereocenters. The van der Waals surface area contributed by atoms with E-state index in [2.05, 4.69) is 85.6 Å². The van der Waals surface area contributed by atoms with Gasteiger partial charge in [0.1, 0.15) is 17.7 Å². The number of rotatable bonds is 11. The second kappa shape index (κ2) is 14.9. The van der Waals surface area contributed by atoms with Gasteiger partial charge in [-0.3, -0.25) is 9.48 Å². The van der Waals surface area contributed by atoms with Gasteiger partial charge in [0.2, 0.25) is 5.91 Å². The molecule has 2 aromatic heterocycles. The van der Waals surface area contributed by atoms with Gasteiger partial charge >= 0.3 is 6.09 Å². The summed E-state index contributed by atoms with van der Waals surface area (Å²) in [5.41, 5.74) is 5.68. The van der Waals surface area contributed by atoms with E-state index in [4.69, 9.17) is 9.47 Å². The third-order valence-electron chi connectivity index (χ3n) is 10.7. The number of aryl methyl sites for hydroxylation is 1. The van der Waals surface area contributed by atoms with Gasteiger partial charge in [-0.2, -0.15) is 5.10 Å². The van der Waals surface area contributed by atoms with E-state index in [1.807, 2.05) is 6.20 Å². The summed E-state index contributed by atoms with van der Waals surface area (Å²) in [6.07, 6.45) is 16.3. The lowest BCUT2D eigenvalue weighted by atomic mass is 9.78. The lowest BCUT2D eigenvalue weighted by Gasteiger charge is -2.36. The van der Waals surface area contributed by atoms with E-state index in [1.165, 1.54) is 24.0 Å². The molecule has 49 heavy (non-hydrogen) atoms. The van der Waals surface area contributed by atoms with Crippen molar-refractivity contribution in [1.29, 1.82) is 0 Å². The van der Waals surface area contributed by atoms with Crippen LogP contribution in [-0.2, 0) is 16.1 Å². The predicted molar refractivity (Wildman–Crippen MR) is 188 cm³/mol. The zero-order valence-corrected chi connectivity index (χ0v) is 28.6. The van der Waals surface area contributed by atoms with Crippen LogP contribution in [0.1, 0.15) is 93.1 Å². The highest BCUT2D eigenvalue weighted by molar-refractivity contribution is 5.95. The van der Waals surface area contributed by atoms with Crippen LogP contribution in [0, 0.1) is 18.8 Å². The molecule has 0 aliphatic heterocycles. The van der Waals surface area contributed by atoms with Crippen molar-refractivity contribution in [2.24, 2.45) is 11.8 Å². The number of aromatic nitrogens is 4. The number of amides is 2. The summed E-state index contributed by atoms with van der Waals surface area (Å²) in [6, 6.07) is 15.5. The number of ether oxygens (including phenoxy) is 2. The van der Waals surface area contributed by atoms with E-state index in [-0.39, 0.29) is 24.5 Å². The van der Waals surface area contributed by atoms with Gasteiger partial charge in [0, 0.05) is 42.3 Å². The minimum atomic E-state index is -0.449. The Kier molecular flexibility index (Phi) is 10.0. The number of alkyl carbamates (subject to hydrolysis) is 1. The molecular formula is C39H48N6O4. The number of nitrogens with zero attached hydrogens (tertiary/aromatic N) is 4. The number of hydrogen-bond acceptors (Lipinski definition) is 6. The van der Waals surface area contributed by atoms with Gasteiger partial charge in [-0.25, -0.2) is 9.78 Å². The molecule has 0 unspecified atom stereocenters. The first kappa shape index (κ1) is 32.9. The average molecular weight is 665 g/mol. The average Bonchev–Trinajstić information content (AvgIpc) is 3.61. The molecule has 0 spiro atoms. The lowest BCUT2D eigenvalue weighted by Crippen LogP contribution is -2.42. The maximum Gasteiger partial charge on any atom is 0.407 e. The number of methoxy groups -OCH3 is 1. The molecule has 3 aliphatic carbocycles. The van der Waals surface area contributed by atoms with Crippen LogP contribution in [0.2, 0.25) is 0 Å². The van der Waals surface area contributed by atoms with E-state index in [1.54, 1.807) is 19.5 Å². The van der Waals surface area contributed by atoms with Crippen molar-refractivity contribution in [2.45, 2.75) is 95.7 Å². The fraction of sp³-hybridized carbons (Fsp3) is 0.487. The molecule has 258 valence electrons. The van der Waals surface area contributed by atoms with Crippen LogP contribution in [0.3, 0.4) is 0 Å². The maximum atomic E-state index is 14.4. The van der Waals surface area contributed by atoms with Gasteiger partial charge in [-0.1, -0.05) is 24.3 Å². The third-order valence-corrected chi connectivity index (χ3v) is 10.7. The Morgan fingerprint density at radius 2 is 1.80 bits per heavy atom. The zero-order chi connectivity index (χ0) is 33.7. The van der Waals surface area contributed by atoms with Gasteiger partial charge in [-0.05, 0) is 118 Å². The second-order valence-corrected chi connectivity index (χ2v) is 14.2. The molecule has 2 heterocycles. The van der Waals surface area contributed by atoms with Crippen molar-refractivity contribution < 1.29 is 19.1 Å². The zero-order valence-electron chi connectivity index (χ0n) is 28.6. The van der Waals surface area contributed by atoms with Crippen molar-refractivity contribution in [1.82, 2.24) is 25.1 Å². The molecular weight excluding hydrogens is 616 g/mol. The van der Waals surface area contributed by atoms with E-state index in [9.17, 15) is 9.59 Å². The summed E-state index contributed by atoms with van der Waals surface area (Å²) in [5.74, 6) is 2.64. The highest BCUT2D eigenvalue weighted by atomic mass is 16.6. The molecule has 0 radical (unpaired) electrons. The highest BCUT2D eigenvalue weighted by Gasteiger charge is 2.34. The molecule has 3 fully saturated rings. The maximum absolute atomic E-state index is 14.4. The predicted octanol–water partition coefficient (Wildman–Crippen LogP) is 7.72.